The lowest BCUT2D eigenvalue weighted by Gasteiger charge is -2.09. The average molecular weight is 323 g/mol. The number of carbonyl (C=O) groups is 1. The zero-order valence-electron chi connectivity index (χ0n) is 11.4. The van der Waals surface area contributed by atoms with Crippen molar-refractivity contribution in [2.75, 3.05) is 12.4 Å². The van der Waals surface area contributed by atoms with Crippen LogP contribution in [0.4, 0.5) is 11.4 Å². The molecule has 22 heavy (non-hydrogen) atoms. The van der Waals surface area contributed by atoms with Crippen LogP contribution >= 0.6 is 11.6 Å². The van der Waals surface area contributed by atoms with Gasteiger partial charge >= 0.3 is 0 Å². The summed E-state index contributed by atoms with van der Waals surface area (Å²) >= 11 is 5.76. The van der Waals surface area contributed by atoms with E-state index in [1.807, 2.05) is 0 Å². The molecule has 0 aromatic heterocycles. The van der Waals surface area contributed by atoms with Crippen LogP contribution in [0.25, 0.3) is 0 Å². The van der Waals surface area contributed by atoms with Gasteiger partial charge in [-0.15, -0.1) is 0 Å². The summed E-state index contributed by atoms with van der Waals surface area (Å²) in [7, 11) is 1.27. The summed E-state index contributed by atoms with van der Waals surface area (Å²) in [5.41, 5.74) is 0.236. The highest BCUT2D eigenvalue weighted by atomic mass is 35.5. The highest BCUT2D eigenvalue weighted by Gasteiger charge is 2.18. The molecule has 0 heterocycles. The highest BCUT2D eigenvalue weighted by Crippen LogP contribution is 2.25. The number of nitro benzene ring substituents is 1. The van der Waals surface area contributed by atoms with E-state index in [4.69, 9.17) is 16.5 Å². The first-order valence-electron chi connectivity index (χ1n) is 6.07. The van der Waals surface area contributed by atoms with Crippen molar-refractivity contribution in [2.24, 2.45) is 0 Å². The van der Waals surface area contributed by atoms with Crippen molar-refractivity contribution in [2.45, 2.75) is 0 Å². The molecule has 0 aliphatic carbocycles. The van der Waals surface area contributed by atoms with Gasteiger partial charge in [-0.1, -0.05) is 11.6 Å². The first kappa shape index (κ1) is 15.7. The third kappa shape index (κ3) is 3.72. The monoisotopic (exact) mass is 322 g/mol. The Bertz CT molecular complexity index is 703. The summed E-state index contributed by atoms with van der Waals surface area (Å²) in [6, 6.07) is 10.0. The van der Waals surface area contributed by atoms with Gasteiger partial charge in [0.15, 0.2) is 5.75 Å². The van der Waals surface area contributed by atoms with E-state index in [0.29, 0.717) is 10.7 Å². The molecule has 7 nitrogen and oxygen atoms in total. The molecule has 2 aromatic rings. The maximum Gasteiger partial charge on any atom is 0.270 e. The highest BCUT2D eigenvalue weighted by molar-refractivity contribution is 6.30. The van der Waals surface area contributed by atoms with Gasteiger partial charge in [-0.25, -0.2) is 0 Å². The summed E-state index contributed by atoms with van der Waals surface area (Å²) < 4.78 is 0. The number of anilines is 1. The molecule has 0 atom stereocenters. The molecule has 8 heteroatoms. The number of nitro groups is 1. The maximum atomic E-state index is 12.3. The third-order valence-electron chi connectivity index (χ3n) is 2.69. The lowest BCUT2D eigenvalue weighted by molar-refractivity contribution is -0.384. The molecular formula is C14H11ClN2O5. The van der Waals surface area contributed by atoms with Gasteiger partial charge in [-0.3, -0.25) is 14.9 Å². The molecule has 0 spiro atoms. The fourth-order valence-electron chi connectivity index (χ4n) is 1.70. The smallest absolute Gasteiger partial charge is 0.270 e. The van der Waals surface area contributed by atoms with Crippen molar-refractivity contribution in [3.63, 3.8) is 0 Å². The number of nitrogens with zero attached hydrogens (tertiary/aromatic N) is 1. The number of nitrogens with one attached hydrogen (secondary N) is 1. The van der Waals surface area contributed by atoms with Gasteiger partial charge in [0.05, 0.1) is 17.6 Å². The van der Waals surface area contributed by atoms with Gasteiger partial charge in [-0.2, -0.15) is 4.89 Å². The van der Waals surface area contributed by atoms with Gasteiger partial charge in [0, 0.05) is 22.8 Å². The molecule has 0 fully saturated rings. The third-order valence-corrected chi connectivity index (χ3v) is 2.95. The van der Waals surface area contributed by atoms with E-state index >= 15 is 0 Å². The second-order valence-corrected chi connectivity index (χ2v) is 4.59. The lowest BCUT2D eigenvalue weighted by Crippen LogP contribution is -2.14. The number of non-ortho nitro benzene ring substituents is 1. The van der Waals surface area contributed by atoms with E-state index in [0.717, 1.165) is 6.07 Å². The normalized spacial score (nSPS) is 10.1. The fraction of sp³-hybridized carbons (Fsp3) is 0.0714. The number of rotatable bonds is 5. The summed E-state index contributed by atoms with van der Waals surface area (Å²) in [5.74, 6) is -0.502. The number of halogens is 1. The number of hydrogen-bond donors (Lipinski definition) is 1. The first-order valence-corrected chi connectivity index (χ1v) is 6.45. The summed E-state index contributed by atoms with van der Waals surface area (Å²) in [5, 5.41) is 13.9. The Labute approximate surface area is 130 Å². The topological polar surface area (TPSA) is 90.7 Å². The van der Waals surface area contributed by atoms with Gasteiger partial charge in [0.1, 0.15) is 0 Å². The molecule has 2 aromatic carbocycles. The zero-order chi connectivity index (χ0) is 16.1. The van der Waals surface area contributed by atoms with Crippen molar-refractivity contribution < 1.29 is 19.5 Å². The minimum atomic E-state index is -0.602. The number of carbonyl (C=O) groups excluding carboxylic acids is 1. The molecule has 114 valence electrons. The maximum absolute atomic E-state index is 12.3. The standard InChI is InChI=1S/C14H11ClN2O5/c1-21-22-13-7-6-11(17(19)20)8-12(13)14(18)16-10-4-2-9(15)3-5-10/h2-8H,1H3,(H,16,18). The van der Waals surface area contributed by atoms with Crippen molar-refractivity contribution in [1.29, 1.82) is 0 Å². The molecule has 0 bridgehead atoms. The van der Waals surface area contributed by atoms with E-state index in [1.165, 1.54) is 19.2 Å². The van der Waals surface area contributed by atoms with E-state index in [-0.39, 0.29) is 17.0 Å². The second kappa shape index (κ2) is 6.88. The van der Waals surface area contributed by atoms with Crippen LogP contribution in [0.3, 0.4) is 0 Å². The van der Waals surface area contributed by atoms with Crippen LogP contribution in [0.5, 0.6) is 5.75 Å². The van der Waals surface area contributed by atoms with Gasteiger partial charge in [0.25, 0.3) is 11.6 Å². The average Bonchev–Trinajstić information content (AvgIpc) is 2.50. The van der Waals surface area contributed by atoms with E-state index in [9.17, 15) is 14.9 Å². The number of benzene rings is 2. The molecule has 1 amide bonds. The van der Waals surface area contributed by atoms with Gasteiger partial charge in [0.2, 0.25) is 0 Å². The zero-order valence-corrected chi connectivity index (χ0v) is 12.2. The van der Waals surface area contributed by atoms with Gasteiger partial charge in [-0.05, 0) is 30.3 Å². The molecule has 1 N–H and O–H groups in total. The first-order chi connectivity index (χ1) is 10.5. The molecule has 0 saturated carbocycles. The lowest BCUT2D eigenvalue weighted by atomic mass is 10.1. The largest absolute Gasteiger partial charge is 0.337 e. The molecule has 0 aliphatic rings. The SMILES string of the molecule is COOc1ccc([N+](=O)[O-])cc1C(=O)Nc1ccc(Cl)cc1. The van der Waals surface area contributed by atoms with Gasteiger partial charge < -0.3 is 10.2 Å². The van der Waals surface area contributed by atoms with E-state index < -0.39 is 10.8 Å². The van der Waals surface area contributed by atoms with Crippen LogP contribution in [0.2, 0.25) is 5.02 Å². The molecule has 2 rings (SSSR count). The molecule has 0 saturated heterocycles. The second-order valence-electron chi connectivity index (χ2n) is 4.15. The molecule has 0 unspecified atom stereocenters. The Morgan fingerprint density at radius 3 is 2.50 bits per heavy atom. The number of hydrogen-bond acceptors (Lipinski definition) is 5. The Kier molecular flexibility index (Phi) is 4.92. The quantitative estimate of drug-likeness (QED) is 0.517. The Balaban J connectivity index is 2.31. The molecule has 0 aliphatic heterocycles. The predicted molar refractivity (Wildman–Crippen MR) is 80.1 cm³/mol. The summed E-state index contributed by atoms with van der Waals surface area (Å²) in [6.07, 6.45) is 0. The Hall–Kier alpha value is -2.64. The van der Waals surface area contributed by atoms with Crippen LogP contribution in [-0.4, -0.2) is 17.9 Å². The van der Waals surface area contributed by atoms with Crippen molar-refractivity contribution >= 4 is 28.9 Å². The van der Waals surface area contributed by atoms with E-state index in [2.05, 4.69) is 10.2 Å². The van der Waals surface area contributed by atoms with Crippen LogP contribution < -0.4 is 10.2 Å². The molecular weight excluding hydrogens is 312 g/mol. The Morgan fingerprint density at radius 1 is 1.23 bits per heavy atom. The fourth-order valence-corrected chi connectivity index (χ4v) is 1.83. The van der Waals surface area contributed by atoms with E-state index in [1.54, 1.807) is 24.3 Å². The predicted octanol–water partition coefficient (Wildman–Crippen LogP) is 3.44. The van der Waals surface area contributed by atoms with Crippen LogP contribution in [0.1, 0.15) is 10.4 Å². The minimum absolute atomic E-state index is 0.0222. The van der Waals surface area contributed by atoms with Crippen molar-refractivity contribution in [1.82, 2.24) is 0 Å². The summed E-state index contributed by atoms with van der Waals surface area (Å²) in [6.45, 7) is 0. The summed E-state index contributed by atoms with van der Waals surface area (Å²) in [4.78, 5) is 31.9. The van der Waals surface area contributed by atoms with Crippen molar-refractivity contribution in [3.8, 4) is 5.75 Å². The van der Waals surface area contributed by atoms with Crippen LogP contribution in [0, 0.1) is 10.1 Å². The van der Waals surface area contributed by atoms with Crippen LogP contribution in [0.15, 0.2) is 42.5 Å². The Morgan fingerprint density at radius 2 is 1.91 bits per heavy atom. The minimum Gasteiger partial charge on any atom is -0.337 e. The molecule has 0 radical (unpaired) electrons. The number of amides is 1. The van der Waals surface area contributed by atoms with Crippen molar-refractivity contribution in [3.05, 3.63) is 63.2 Å². The van der Waals surface area contributed by atoms with Crippen LogP contribution in [-0.2, 0) is 4.89 Å².